The van der Waals surface area contributed by atoms with E-state index in [4.69, 9.17) is 0 Å². The summed E-state index contributed by atoms with van der Waals surface area (Å²) in [6.07, 6.45) is 1.64. The summed E-state index contributed by atoms with van der Waals surface area (Å²) in [5.41, 5.74) is 0. The number of hydrogen-bond donors (Lipinski definition) is 1. The minimum absolute atomic E-state index is 0.0161. The number of nitrogens with zero attached hydrogens (tertiary/aromatic N) is 1. The van der Waals surface area contributed by atoms with E-state index < -0.39 is 0 Å². The summed E-state index contributed by atoms with van der Waals surface area (Å²) >= 11 is 0. The molecule has 1 fully saturated rings. The van der Waals surface area contributed by atoms with Gasteiger partial charge in [-0.15, -0.1) is 0 Å². The van der Waals surface area contributed by atoms with Crippen molar-refractivity contribution in [3.8, 4) is 0 Å². The molecule has 1 saturated heterocycles. The van der Waals surface area contributed by atoms with Crippen LogP contribution in [0.1, 0.15) is 33.6 Å². The van der Waals surface area contributed by atoms with E-state index in [0.717, 1.165) is 12.8 Å². The maximum absolute atomic E-state index is 11.9. The van der Waals surface area contributed by atoms with Crippen LogP contribution in [0, 0.1) is 5.92 Å². The van der Waals surface area contributed by atoms with E-state index in [9.17, 15) is 9.59 Å². The Morgan fingerprint density at radius 3 is 2.47 bits per heavy atom. The number of likely N-dealkylation sites (N-methyl/N-ethyl adjacent to an activating group) is 1. The molecule has 2 atom stereocenters. The van der Waals surface area contributed by atoms with Crippen molar-refractivity contribution in [2.75, 3.05) is 7.05 Å². The number of hydrogen-bond acceptors (Lipinski definition) is 2. The van der Waals surface area contributed by atoms with Crippen LogP contribution < -0.4 is 5.32 Å². The summed E-state index contributed by atoms with van der Waals surface area (Å²) in [5.74, 6) is 0.159. The van der Waals surface area contributed by atoms with E-state index in [1.54, 1.807) is 11.9 Å². The molecule has 0 spiro atoms. The van der Waals surface area contributed by atoms with Crippen LogP contribution in [0.25, 0.3) is 0 Å². The Balaban J connectivity index is 2.79. The quantitative estimate of drug-likeness (QED) is 0.751. The average molecular weight is 212 g/mol. The molecule has 1 rings (SSSR count). The first-order valence-corrected chi connectivity index (χ1v) is 5.56. The third-order valence-electron chi connectivity index (χ3n) is 2.91. The molecule has 4 nitrogen and oxygen atoms in total. The first-order chi connectivity index (χ1) is 6.99. The Morgan fingerprint density at radius 1 is 1.40 bits per heavy atom. The van der Waals surface area contributed by atoms with Gasteiger partial charge < -0.3 is 10.2 Å². The van der Waals surface area contributed by atoms with Gasteiger partial charge in [0.1, 0.15) is 12.1 Å². The van der Waals surface area contributed by atoms with Crippen molar-refractivity contribution in [2.24, 2.45) is 5.92 Å². The second-order valence-electron chi connectivity index (χ2n) is 4.48. The highest BCUT2D eigenvalue weighted by atomic mass is 16.2. The highest BCUT2D eigenvalue weighted by Crippen LogP contribution is 2.16. The molecule has 1 aliphatic heterocycles. The minimum Gasteiger partial charge on any atom is -0.342 e. The van der Waals surface area contributed by atoms with Crippen molar-refractivity contribution in [1.82, 2.24) is 10.2 Å². The lowest BCUT2D eigenvalue weighted by Crippen LogP contribution is -2.63. The second kappa shape index (κ2) is 4.64. The molecule has 1 N–H and O–H groups in total. The van der Waals surface area contributed by atoms with Crippen molar-refractivity contribution in [3.05, 3.63) is 0 Å². The summed E-state index contributed by atoms with van der Waals surface area (Å²) in [6.45, 7) is 5.90. The molecule has 4 heteroatoms. The molecule has 0 radical (unpaired) electrons. The fraction of sp³-hybridized carbons (Fsp3) is 0.818. The molecule has 86 valence electrons. The number of piperazine rings is 1. The van der Waals surface area contributed by atoms with Crippen LogP contribution in [0.3, 0.4) is 0 Å². The van der Waals surface area contributed by atoms with Gasteiger partial charge in [-0.1, -0.05) is 27.2 Å². The molecular weight excluding hydrogens is 192 g/mol. The molecule has 0 aromatic rings. The van der Waals surface area contributed by atoms with Crippen LogP contribution in [-0.4, -0.2) is 35.8 Å². The summed E-state index contributed by atoms with van der Waals surface area (Å²) in [4.78, 5) is 25.2. The number of nitrogens with one attached hydrogen (secondary N) is 1. The molecule has 1 heterocycles. The van der Waals surface area contributed by atoms with E-state index in [-0.39, 0.29) is 29.8 Å². The Morgan fingerprint density at radius 2 is 2.00 bits per heavy atom. The standard InChI is InChI=1S/C11H20N2O2/c1-5-6-8-10(14)12-9(7(2)3)11(15)13(8)4/h7-9H,5-6H2,1-4H3,(H,12,14). The fourth-order valence-corrected chi connectivity index (χ4v) is 1.91. The van der Waals surface area contributed by atoms with Gasteiger partial charge in [0.15, 0.2) is 0 Å². The molecule has 0 aromatic carbocycles. The molecular formula is C11H20N2O2. The lowest BCUT2D eigenvalue weighted by molar-refractivity contribution is -0.149. The van der Waals surface area contributed by atoms with Crippen LogP contribution >= 0.6 is 0 Å². The van der Waals surface area contributed by atoms with Crippen molar-refractivity contribution >= 4 is 11.8 Å². The molecule has 0 aromatic heterocycles. The Labute approximate surface area is 91.0 Å². The predicted octanol–water partition coefficient (Wildman–Crippen LogP) is 0.768. The number of rotatable bonds is 3. The van der Waals surface area contributed by atoms with Gasteiger partial charge in [-0.05, 0) is 12.3 Å². The topological polar surface area (TPSA) is 49.4 Å². The third-order valence-corrected chi connectivity index (χ3v) is 2.91. The maximum atomic E-state index is 11.9. The first kappa shape index (κ1) is 12.0. The van der Waals surface area contributed by atoms with Gasteiger partial charge in [-0.3, -0.25) is 9.59 Å². The summed E-state index contributed by atoms with van der Waals surface area (Å²) in [6, 6.07) is -0.631. The third kappa shape index (κ3) is 2.30. The molecule has 1 aliphatic rings. The van der Waals surface area contributed by atoms with Crippen LogP contribution in [0.5, 0.6) is 0 Å². The summed E-state index contributed by atoms with van der Waals surface area (Å²) in [5, 5.41) is 2.80. The van der Waals surface area contributed by atoms with Gasteiger partial charge >= 0.3 is 0 Å². The predicted molar refractivity (Wildman–Crippen MR) is 58.2 cm³/mol. The Hall–Kier alpha value is -1.06. The summed E-state index contributed by atoms with van der Waals surface area (Å²) in [7, 11) is 1.72. The number of amides is 2. The number of carbonyl (C=O) groups is 2. The van der Waals surface area contributed by atoms with Gasteiger partial charge in [0, 0.05) is 7.05 Å². The van der Waals surface area contributed by atoms with Crippen molar-refractivity contribution in [1.29, 1.82) is 0 Å². The normalized spacial score (nSPS) is 27.1. The zero-order chi connectivity index (χ0) is 11.6. The zero-order valence-corrected chi connectivity index (χ0v) is 9.91. The lowest BCUT2D eigenvalue weighted by Gasteiger charge is -2.38. The molecule has 0 aliphatic carbocycles. The van der Waals surface area contributed by atoms with Crippen LogP contribution in [-0.2, 0) is 9.59 Å². The Kier molecular flexibility index (Phi) is 3.72. The molecule has 2 unspecified atom stereocenters. The fourth-order valence-electron chi connectivity index (χ4n) is 1.91. The average Bonchev–Trinajstić information content (AvgIpc) is 2.18. The summed E-state index contributed by atoms with van der Waals surface area (Å²) < 4.78 is 0. The molecule has 15 heavy (non-hydrogen) atoms. The van der Waals surface area contributed by atoms with Crippen molar-refractivity contribution in [3.63, 3.8) is 0 Å². The number of carbonyl (C=O) groups excluding carboxylic acids is 2. The van der Waals surface area contributed by atoms with Gasteiger partial charge in [0.25, 0.3) is 0 Å². The van der Waals surface area contributed by atoms with Gasteiger partial charge in [-0.25, -0.2) is 0 Å². The largest absolute Gasteiger partial charge is 0.342 e. The smallest absolute Gasteiger partial charge is 0.245 e. The molecule has 2 amide bonds. The van der Waals surface area contributed by atoms with E-state index in [2.05, 4.69) is 5.32 Å². The zero-order valence-electron chi connectivity index (χ0n) is 9.91. The van der Waals surface area contributed by atoms with Crippen LogP contribution in [0.4, 0.5) is 0 Å². The highest BCUT2D eigenvalue weighted by molar-refractivity contribution is 5.96. The van der Waals surface area contributed by atoms with Crippen molar-refractivity contribution < 1.29 is 9.59 Å². The van der Waals surface area contributed by atoms with Gasteiger partial charge in [-0.2, -0.15) is 0 Å². The van der Waals surface area contributed by atoms with Gasteiger partial charge in [0.05, 0.1) is 0 Å². The molecule has 0 bridgehead atoms. The monoisotopic (exact) mass is 212 g/mol. The van der Waals surface area contributed by atoms with E-state index in [1.807, 2.05) is 20.8 Å². The van der Waals surface area contributed by atoms with Crippen LogP contribution in [0.15, 0.2) is 0 Å². The Bertz CT molecular complexity index is 263. The first-order valence-electron chi connectivity index (χ1n) is 5.56. The molecule has 0 saturated carbocycles. The SMILES string of the molecule is CCCC1C(=O)NC(C(C)C)C(=O)N1C. The van der Waals surface area contributed by atoms with E-state index >= 15 is 0 Å². The van der Waals surface area contributed by atoms with E-state index in [0.29, 0.717) is 0 Å². The van der Waals surface area contributed by atoms with Crippen LogP contribution in [0.2, 0.25) is 0 Å². The van der Waals surface area contributed by atoms with E-state index in [1.165, 1.54) is 0 Å². The maximum Gasteiger partial charge on any atom is 0.245 e. The minimum atomic E-state index is -0.351. The van der Waals surface area contributed by atoms with Gasteiger partial charge in [0.2, 0.25) is 11.8 Å². The van der Waals surface area contributed by atoms with Crippen molar-refractivity contribution in [2.45, 2.75) is 45.7 Å². The second-order valence-corrected chi connectivity index (χ2v) is 4.48. The highest BCUT2D eigenvalue weighted by Gasteiger charge is 2.38. The lowest BCUT2D eigenvalue weighted by atomic mass is 9.97.